The van der Waals surface area contributed by atoms with Gasteiger partial charge in [0.2, 0.25) is 0 Å². The summed E-state index contributed by atoms with van der Waals surface area (Å²) in [5, 5.41) is 12.9. The van der Waals surface area contributed by atoms with Crippen LogP contribution in [0.2, 0.25) is 0 Å². The van der Waals surface area contributed by atoms with Gasteiger partial charge in [-0.05, 0) is 31.0 Å². The van der Waals surface area contributed by atoms with Crippen LogP contribution in [0.3, 0.4) is 0 Å². The van der Waals surface area contributed by atoms with E-state index in [0.29, 0.717) is 19.1 Å². The normalized spacial score (nSPS) is 12.7. The van der Waals surface area contributed by atoms with E-state index in [2.05, 4.69) is 19.2 Å². The molecule has 96 valence electrons. The van der Waals surface area contributed by atoms with Crippen molar-refractivity contribution >= 4 is 0 Å². The molecule has 3 nitrogen and oxygen atoms in total. The Labute approximate surface area is 104 Å². The van der Waals surface area contributed by atoms with Crippen LogP contribution in [0.4, 0.5) is 0 Å². The molecule has 0 bridgehead atoms. The molecule has 3 heteroatoms. The Balaban J connectivity index is 2.07. The molecule has 0 radical (unpaired) electrons. The van der Waals surface area contributed by atoms with E-state index in [9.17, 15) is 5.11 Å². The third kappa shape index (κ3) is 6.97. The van der Waals surface area contributed by atoms with Gasteiger partial charge in [0.05, 0.1) is 0 Å². The first kappa shape index (κ1) is 14.0. The molecule has 0 amide bonds. The lowest BCUT2D eigenvalue weighted by Crippen LogP contribution is -2.32. The van der Waals surface area contributed by atoms with E-state index in [-0.39, 0.29) is 0 Å². The van der Waals surface area contributed by atoms with Crippen LogP contribution in [0.1, 0.15) is 20.3 Å². The molecule has 0 saturated heterocycles. The minimum Gasteiger partial charge on any atom is -0.491 e. The maximum Gasteiger partial charge on any atom is 0.119 e. The lowest BCUT2D eigenvalue weighted by molar-refractivity contribution is 0.106. The Morgan fingerprint density at radius 2 is 1.94 bits per heavy atom. The van der Waals surface area contributed by atoms with E-state index in [4.69, 9.17) is 4.74 Å². The molecule has 2 N–H and O–H groups in total. The maximum atomic E-state index is 9.69. The number of para-hydroxylation sites is 1. The van der Waals surface area contributed by atoms with Crippen molar-refractivity contribution in [3.05, 3.63) is 30.3 Å². The van der Waals surface area contributed by atoms with Crippen molar-refractivity contribution in [3.8, 4) is 5.75 Å². The van der Waals surface area contributed by atoms with Crippen LogP contribution in [-0.4, -0.2) is 30.9 Å². The molecule has 0 aromatic heterocycles. The maximum absolute atomic E-state index is 9.69. The Hall–Kier alpha value is -1.06. The fourth-order valence-corrected chi connectivity index (χ4v) is 1.43. The molecule has 0 aliphatic carbocycles. The van der Waals surface area contributed by atoms with E-state index in [1.165, 1.54) is 0 Å². The zero-order chi connectivity index (χ0) is 12.5. The van der Waals surface area contributed by atoms with Crippen molar-refractivity contribution < 1.29 is 9.84 Å². The van der Waals surface area contributed by atoms with Gasteiger partial charge >= 0.3 is 0 Å². The van der Waals surface area contributed by atoms with Crippen molar-refractivity contribution in [2.45, 2.75) is 26.4 Å². The molecule has 0 fully saturated rings. The first-order valence-corrected chi connectivity index (χ1v) is 6.25. The molecule has 17 heavy (non-hydrogen) atoms. The van der Waals surface area contributed by atoms with Crippen LogP contribution in [-0.2, 0) is 0 Å². The molecule has 0 saturated carbocycles. The summed E-state index contributed by atoms with van der Waals surface area (Å²) in [7, 11) is 0. The SMILES string of the molecule is CC(C)CCNCC(O)COc1ccccc1. The average Bonchev–Trinajstić information content (AvgIpc) is 2.33. The number of benzene rings is 1. The summed E-state index contributed by atoms with van der Waals surface area (Å²) in [5.41, 5.74) is 0. The summed E-state index contributed by atoms with van der Waals surface area (Å²) in [6, 6.07) is 9.56. The summed E-state index contributed by atoms with van der Waals surface area (Å²) < 4.78 is 5.46. The summed E-state index contributed by atoms with van der Waals surface area (Å²) in [4.78, 5) is 0. The number of rotatable bonds is 8. The van der Waals surface area contributed by atoms with E-state index >= 15 is 0 Å². The number of aliphatic hydroxyl groups is 1. The third-order valence-corrected chi connectivity index (χ3v) is 2.46. The molecule has 1 aromatic carbocycles. The summed E-state index contributed by atoms with van der Waals surface area (Å²) in [5.74, 6) is 1.49. The molecule has 1 rings (SSSR count). The topological polar surface area (TPSA) is 41.5 Å². The van der Waals surface area contributed by atoms with Crippen LogP contribution in [0.5, 0.6) is 5.75 Å². The van der Waals surface area contributed by atoms with Crippen LogP contribution in [0, 0.1) is 5.92 Å². The average molecular weight is 237 g/mol. The number of hydrogen-bond acceptors (Lipinski definition) is 3. The highest BCUT2D eigenvalue weighted by Crippen LogP contribution is 2.08. The van der Waals surface area contributed by atoms with Gasteiger partial charge in [-0.15, -0.1) is 0 Å². The molecule has 0 spiro atoms. The number of aliphatic hydroxyl groups excluding tert-OH is 1. The molecule has 0 heterocycles. The minimum atomic E-state index is -0.456. The Morgan fingerprint density at radius 3 is 2.59 bits per heavy atom. The predicted molar refractivity (Wildman–Crippen MR) is 70.3 cm³/mol. The van der Waals surface area contributed by atoms with Gasteiger partial charge in [0.1, 0.15) is 18.5 Å². The quantitative estimate of drug-likeness (QED) is 0.680. The smallest absolute Gasteiger partial charge is 0.119 e. The summed E-state index contributed by atoms with van der Waals surface area (Å²) in [6.07, 6.45) is 0.675. The highest BCUT2D eigenvalue weighted by molar-refractivity contribution is 5.20. The van der Waals surface area contributed by atoms with Gasteiger partial charge < -0.3 is 15.2 Å². The number of ether oxygens (including phenoxy) is 1. The second kappa shape index (κ2) is 8.09. The standard InChI is InChI=1S/C14H23NO2/c1-12(2)8-9-15-10-13(16)11-17-14-6-4-3-5-7-14/h3-7,12-13,15-16H,8-11H2,1-2H3. The van der Waals surface area contributed by atoms with Crippen LogP contribution in [0.15, 0.2) is 30.3 Å². The molecule has 0 aliphatic heterocycles. The molecular weight excluding hydrogens is 214 g/mol. The molecule has 0 aliphatic rings. The Morgan fingerprint density at radius 1 is 1.24 bits per heavy atom. The van der Waals surface area contributed by atoms with E-state index in [1.807, 2.05) is 30.3 Å². The fourth-order valence-electron chi connectivity index (χ4n) is 1.43. The highest BCUT2D eigenvalue weighted by Gasteiger charge is 2.04. The summed E-state index contributed by atoms with van der Waals surface area (Å²) >= 11 is 0. The van der Waals surface area contributed by atoms with Crippen molar-refractivity contribution in [3.63, 3.8) is 0 Å². The van der Waals surface area contributed by atoms with Crippen molar-refractivity contribution in [1.82, 2.24) is 5.32 Å². The van der Waals surface area contributed by atoms with Crippen molar-refractivity contribution in [1.29, 1.82) is 0 Å². The second-order valence-corrected chi connectivity index (χ2v) is 4.66. The largest absolute Gasteiger partial charge is 0.491 e. The molecule has 1 unspecified atom stereocenters. The van der Waals surface area contributed by atoms with Gasteiger partial charge in [-0.1, -0.05) is 32.0 Å². The highest BCUT2D eigenvalue weighted by atomic mass is 16.5. The molecule has 1 atom stereocenters. The fraction of sp³-hybridized carbons (Fsp3) is 0.571. The van der Waals surface area contributed by atoms with Gasteiger partial charge in [0.25, 0.3) is 0 Å². The second-order valence-electron chi connectivity index (χ2n) is 4.66. The zero-order valence-electron chi connectivity index (χ0n) is 10.7. The third-order valence-electron chi connectivity index (χ3n) is 2.46. The van der Waals surface area contributed by atoms with Crippen LogP contribution < -0.4 is 10.1 Å². The molecule has 1 aromatic rings. The van der Waals surface area contributed by atoms with Gasteiger partial charge in [0.15, 0.2) is 0 Å². The number of hydrogen-bond donors (Lipinski definition) is 2. The van der Waals surface area contributed by atoms with Crippen molar-refractivity contribution in [2.75, 3.05) is 19.7 Å². The monoisotopic (exact) mass is 237 g/mol. The summed E-state index contributed by atoms with van der Waals surface area (Å²) in [6.45, 7) is 6.24. The predicted octanol–water partition coefficient (Wildman–Crippen LogP) is 2.06. The van der Waals surface area contributed by atoms with Gasteiger partial charge in [-0.25, -0.2) is 0 Å². The lowest BCUT2D eigenvalue weighted by Gasteiger charge is -2.13. The van der Waals surface area contributed by atoms with Crippen LogP contribution >= 0.6 is 0 Å². The van der Waals surface area contributed by atoms with Crippen LogP contribution in [0.25, 0.3) is 0 Å². The van der Waals surface area contributed by atoms with E-state index in [1.54, 1.807) is 0 Å². The van der Waals surface area contributed by atoms with Crippen molar-refractivity contribution in [2.24, 2.45) is 5.92 Å². The number of nitrogens with one attached hydrogen (secondary N) is 1. The lowest BCUT2D eigenvalue weighted by atomic mass is 10.1. The minimum absolute atomic E-state index is 0.332. The Kier molecular flexibility index (Phi) is 6.67. The first-order chi connectivity index (χ1) is 8.18. The zero-order valence-corrected chi connectivity index (χ0v) is 10.7. The van der Waals surface area contributed by atoms with E-state index in [0.717, 1.165) is 18.7 Å². The van der Waals surface area contributed by atoms with E-state index < -0.39 is 6.10 Å². The van der Waals surface area contributed by atoms with Gasteiger partial charge in [-0.2, -0.15) is 0 Å². The van der Waals surface area contributed by atoms with Gasteiger partial charge in [0, 0.05) is 6.54 Å². The van der Waals surface area contributed by atoms with Gasteiger partial charge in [-0.3, -0.25) is 0 Å². The molecular formula is C14H23NO2. The first-order valence-electron chi connectivity index (χ1n) is 6.25. The Bertz CT molecular complexity index is 288.